The van der Waals surface area contributed by atoms with Gasteiger partial charge in [-0.2, -0.15) is 0 Å². The fourth-order valence-corrected chi connectivity index (χ4v) is 1.37. The van der Waals surface area contributed by atoms with Gasteiger partial charge < -0.3 is 5.11 Å². The van der Waals surface area contributed by atoms with Gasteiger partial charge >= 0.3 is 5.97 Å². The van der Waals surface area contributed by atoms with Crippen LogP contribution in [0.3, 0.4) is 0 Å². The van der Waals surface area contributed by atoms with Crippen molar-refractivity contribution in [3.05, 3.63) is 29.6 Å². The summed E-state index contributed by atoms with van der Waals surface area (Å²) in [5, 5.41) is 8.99. The van der Waals surface area contributed by atoms with E-state index in [-0.39, 0.29) is 0 Å². The van der Waals surface area contributed by atoms with Gasteiger partial charge in [-0.25, -0.2) is 0 Å². The number of aryl methyl sites for hydroxylation is 1. The molecule has 1 rings (SSSR count). The molecule has 0 spiro atoms. The standard InChI is InChI=1S/C11H15NO2/c1-3-4-9(11(13)14)10-6-5-8(2)7-12-10/h5-7,9H,3-4H2,1-2H3,(H,13,14). The Morgan fingerprint density at radius 1 is 1.57 bits per heavy atom. The molecule has 0 aliphatic carbocycles. The molecule has 76 valence electrons. The Kier molecular flexibility index (Phi) is 3.63. The molecule has 0 saturated heterocycles. The number of nitrogens with zero attached hydrogens (tertiary/aromatic N) is 1. The molecule has 1 heterocycles. The molecular formula is C11H15NO2. The topological polar surface area (TPSA) is 50.2 Å². The smallest absolute Gasteiger partial charge is 0.312 e. The highest BCUT2D eigenvalue weighted by atomic mass is 16.4. The summed E-state index contributed by atoms with van der Waals surface area (Å²) < 4.78 is 0. The van der Waals surface area contributed by atoms with Crippen LogP contribution in [-0.2, 0) is 4.79 Å². The first-order valence-corrected chi connectivity index (χ1v) is 4.80. The van der Waals surface area contributed by atoms with Crippen LogP contribution in [0.4, 0.5) is 0 Å². The normalized spacial score (nSPS) is 12.4. The molecule has 0 bridgehead atoms. The third-order valence-corrected chi connectivity index (χ3v) is 2.17. The highest BCUT2D eigenvalue weighted by Crippen LogP contribution is 2.19. The fraction of sp³-hybridized carbons (Fsp3) is 0.455. The van der Waals surface area contributed by atoms with Gasteiger partial charge in [0.15, 0.2) is 0 Å². The molecule has 1 aromatic heterocycles. The molecule has 1 N–H and O–H groups in total. The summed E-state index contributed by atoms with van der Waals surface area (Å²) in [5.74, 6) is -1.25. The fourth-order valence-electron chi connectivity index (χ4n) is 1.37. The number of aromatic nitrogens is 1. The van der Waals surface area contributed by atoms with Crippen LogP contribution in [0.15, 0.2) is 18.3 Å². The zero-order chi connectivity index (χ0) is 10.6. The second-order valence-corrected chi connectivity index (χ2v) is 3.44. The largest absolute Gasteiger partial charge is 0.481 e. The SMILES string of the molecule is CCCC(C(=O)O)c1ccc(C)cn1. The van der Waals surface area contributed by atoms with E-state index in [0.717, 1.165) is 12.0 Å². The van der Waals surface area contributed by atoms with Crippen molar-refractivity contribution in [3.63, 3.8) is 0 Å². The number of carboxylic acids is 1. The predicted octanol–water partition coefficient (Wildman–Crippen LogP) is 2.36. The minimum atomic E-state index is -0.789. The molecule has 0 fully saturated rings. The zero-order valence-corrected chi connectivity index (χ0v) is 8.53. The summed E-state index contributed by atoms with van der Waals surface area (Å²) in [6, 6.07) is 3.69. The Balaban J connectivity index is 2.87. The number of rotatable bonds is 4. The lowest BCUT2D eigenvalue weighted by molar-refractivity contribution is -0.139. The van der Waals surface area contributed by atoms with E-state index in [1.165, 1.54) is 0 Å². The molecular weight excluding hydrogens is 178 g/mol. The van der Waals surface area contributed by atoms with Gasteiger partial charge in [0.05, 0.1) is 11.6 Å². The Hall–Kier alpha value is -1.38. The quantitative estimate of drug-likeness (QED) is 0.798. The second-order valence-electron chi connectivity index (χ2n) is 3.44. The van der Waals surface area contributed by atoms with Crippen molar-refractivity contribution in [2.75, 3.05) is 0 Å². The molecule has 1 aromatic rings. The maximum Gasteiger partial charge on any atom is 0.312 e. The predicted molar refractivity (Wildman–Crippen MR) is 54.3 cm³/mol. The number of aliphatic carboxylic acids is 1. The maximum atomic E-state index is 10.9. The van der Waals surface area contributed by atoms with Crippen LogP contribution < -0.4 is 0 Å². The molecule has 0 amide bonds. The average Bonchev–Trinajstić information content (AvgIpc) is 2.15. The summed E-state index contributed by atoms with van der Waals surface area (Å²) in [6.07, 6.45) is 3.21. The Bertz CT molecular complexity index is 306. The molecule has 0 aromatic carbocycles. The Morgan fingerprint density at radius 3 is 2.71 bits per heavy atom. The third-order valence-electron chi connectivity index (χ3n) is 2.17. The molecule has 3 heteroatoms. The van der Waals surface area contributed by atoms with Gasteiger partial charge in [0, 0.05) is 6.20 Å². The first-order chi connectivity index (χ1) is 6.65. The van der Waals surface area contributed by atoms with E-state index in [1.807, 2.05) is 19.9 Å². The lowest BCUT2D eigenvalue weighted by Crippen LogP contribution is -2.12. The zero-order valence-electron chi connectivity index (χ0n) is 8.53. The van der Waals surface area contributed by atoms with E-state index in [2.05, 4.69) is 4.98 Å². The number of carboxylic acid groups (broad SMARTS) is 1. The molecule has 0 radical (unpaired) electrons. The lowest BCUT2D eigenvalue weighted by Gasteiger charge is -2.10. The van der Waals surface area contributed by atoms with Crippen molar-refractivity contribution in [2.24, 2.45) is 0 Å². The molecule has 1 unspecified atom stereocenters. The Morgan fingerprint density at radius 2 is 2.29 bits per heavy atom. The van der Waals surface area contributed by atoms with Crippen molar-refractivity contribution in [2.45, 2.75) is 32.6 Å². The van der Waals surface area contributed by atoms with Gasteiger partial charge in [0.2, 0.25) is 0 Å². The summed E-state index contributed by atoms with van der Waals surface area (Å²) in [5.41, 5.74) is 1.71. The van der Waals surface area contributed by atoms with Gasteiger partial charge in [-0.15, -0.1) is 0 Å². The van der Waals surface area contributed by atoms with E-state index in [0.29, 0.717) is 12.1 Å². The molecule has 3 nitrogen and oxygen atoms in total. The first kappa shape index (κ1) is 10.7. The summed E-state index contributed by atoms with van der Waals surface area (Å²) in [4.78, 5) is 15.1. The van der Waals surface area contributed by atoms with Crippen molar-refractivity contribution in [1.29, 1.82) is 0 Å². The number of hydrogen-bond donors (Lipinski definition) is 1. The minimum absolute atomic E-state index is 0.458. The molecule has 0 saturated carbocycles. The molecule has 0 aliphatic rings. The van der Waals surface area contributed by atoms with Crippen LogP contribution in [0.1, 0.15) is 36.9 Å². The number of pyridine rings is 1. The van der Waals surface area contributed by atoms with Crippen molar-refractivity contribution < 1.29 is 9.90 Å². The monoisotopic (exact) mass is 193 g/mol. The maximum absolute atomic E-state index is 10.9. The van der Waals surface area contributed by atoms with Crippen LogP contribution in [-0.4, -0.2) is 16.1 Å². The van der Waals surface area contributed by atoms with E-state index >= 15 is 0 Å². The van der Waals surface area contributed by atoms with Gasteiger partial charge in [0.1, 0.15) is 0 Å². The summed E-state index contributed by atoms with van der Waals surface area (Å²) in [6.45, 7) is 3.91. The third kappa shape index (κ3) is 2.55. The van der Waals surface area contributed by atoms with Crippen LogP contribution in [0.2, 0.25) is 0 Å². The Labute approximate surface area is 83.8 Å². The van der Waals surface area contributed by atoms with Gasteiger partial charge in [-0.3, -0.25) is 9.78 Å². The van der Waals surface area contributed by atoms with Gasteiger partial charge in [-0.05, 0) is 25.0 Å². The van der Waals surface area contributed by atoms with E-state index in [9.17, 15) is 4.79 Å². The average molecular weight is 193 g/mol. The van der Waals surface area contributed by atoms with Crippen LogP contribution >= 0.6 is 0 Å². The van der Waals surface area contributed by atoms with Crippen LogP contribution in [0.25, 0.3) is 0 Å². The van der Waals surface area contributed by atoms with E-state index < -0.39 is 11.9 Å². The summed E-state index contributed by atoms with van der Waals surface area (Å²) >= 11 is 0. The van der Waals surface area contributed by atoms with Crippen molar-refractivity contribution >= 4 is 5.97 Å². The first-order valence-electron chi connectivity index (χ1n) is 4.80. The molecule has 1 atom stereocenters. The van der Waals surface area contributed by atoms with Crippen molar-refractivity contribution in [1.82, 2.24) is 4.98 Å². The van der Waals surface area contributed by atoms with Crippen LogP contribution in [0.5, 0.6) is 0 Å². The minimum Gasteiger partial charge on any atom is -0.481 e. The van der Waals surface area contributed by atoms with E-state index in [1.54, 1.807) is 12.3 Å². The van der Waals surface area contributed by atoms with E-state index in [4.69, 9.17) is 5.11 Å². The summed E-state index contributed by atoms with van der Waals surface area (Å²) in [7, 11) is 0. The van der Waals surface area contributed by atoms with Gasteiger partial charge in [-0.1, -0.05) is 19.4 Å². The highest BCUT2D eigenvalue weighted by Gasteiger charge is 2.19. The van der Waals surface area contributed by atoms with Gasteiger partial charge in [0.25, 0.3) is 0 Å². The van der Waals surface area contributed by atoms with Crippen LogP contribution in [0, 0.1) is 6.92 Å². The second kappa shape index (κ2) is 4.74. The lowest BCUT2D eigenvalue weighted by atomic mass is 9.99. The molecule has 14 heavy (non-hydrogen) atoms. The highest BCUT2D eigenvalue weighted by molar-refractivity contribution is 5.75. The number of hydrogen-bond acceptors (Lipinski definition) is 2. The number of carbonyl (C=O) groups is 1. The molecule has 0 aliphatic heterocycles. The van der Waals surface area contributed by atoms with Crippen molar-refractivity contribution in [3.8, 4) is 0 Å².